The maximum absolute atomic E-state index is 10.6. The lowest BCUT2D eigenvalue weighted by Crippen LogP contribution is -2.20. The monoisotopic (exact) mass is 229 g/mol. The third kappa shape index (κ3) is 2.78. The van der Waals surface area contributed by atoms with Gasteiger partial charge in [-0.3, -0.25) is 4.79 Å². The van der Waals surface area contributed by atoms with Crippen molar-refractivity contribution in [2.24, 2.45) is 0 Å². The summed E-state index contributed by atoms with van der Waals surface area (Å²) in [4.78, 5) is 25.6. The van der Waals surface area contributed by atoms with Crippen molar-refractivity contribution in [3.05, 3.63) is 18.3 Å². The first-order valence-corrected chi connectivity index (χ1v) is 5.15. The van der Waals surface area contributed by atoms with E-state index in [2.05, 4.69) is 37.1 Å². The summed E-state index contributed by atoms with van der Waals surface area (Å²) in [7, 11) is 0. The molecule has 0 aliphatic rings. The molecule has 0 atom stereocenters. The van der Waals surface area contributed by atoms with Crippen LogP contribution in [-0.4, -0.2) is 32.4 Å². The van der Waals surface area contributed by atoms with Crippen LogP contribution in [0.3, 0.4) is 0 Å². The molecule has 2 rings (SSSR count). The Bertz CT molecular complexity index is 592. The van der Waals surface area contributed by atoms with Crippen LogP contribution in [0.5, 0.6) is 0 Å². The van der Waals surface area contributed by atoms with Gasteiger partial charge < -0.3 is 10.3 Å². The molecule has 86 valence electrons. The number of hydrogen-bond acceptors (Lipinski definition) is 4. The molecule has 0 aromatic carbocycles. The highest BCUT2D eigenvalue weighted by Gasteiger charge is 2.01. The molecule has 0 unspecified atom stereocenters. The molecule has 6 heteroatoms. The average Bonchev–Trinajstić information content (AvgIpc) is 2.77. The van der Waals surface area contributed by atoms with Crippen LogP contribution in [0.25, 0.3) is 11.2 Å². The fourth-order valence-corrected chi connectivity index (χ4v) is 1.31. The number of nitrogens with zero attached hydrogens (tertiary/aromatic N) is 3. The van der Waals surface area contributed by atoms with Crippen LogP contribution in [0.15, 0.2) is 12.7 Å². The Labute approximate surface area is 97.9 Å². The summed E-state index contributed by atoms with van der Waals surface area (Å²) < 4.78 is 0. The van der Waals surface area contributed by atoms with E-state index in [1.54, 1.807) is 6.33 Å². The topological polar surface area (TPSA) is 83.6 Å². The fraction of sp³-hybridized carbons (Fsp3) is 0.273. The molecule has 2 aromatic rings. The molecule has 2 aromatic heterocycles. The van der Waals surface area contributed by atoms with Crippen molar-refractivity contribution in [3.63, 3.8) is 0 Å². The summed E-state index contributed by atoms with van der Waals surface area (Å²) in [5.41, 5.74) is 1.96. The minimum atomic E-state index is -0.0511. The second kappa shape index (κ2) is 5.07. The largest absolute Gasteiger partial charge is 0.355 e. The zero-order valence-electron chi connectivity index (χ0n) is 9.32. The molecule has 0 aliphatic carbocycles. The minimum Gasteiger partial charge on any atom is -0.355 e. The second-order valence-corrected chi connectivity index (χ2v) is 3.36. The van der Waals surface area contributed by atoms with Crippen molar-refractivity contribution in [2.45, 2.75) is 13.3 Å². The third-order valence-electron chi connectivity index (χ3n) is 2.05. The standard InChI is InChI=1S/C11H11N5O/c1-8(17)12-5-3-2-4-9-10-11(15-6-13-9)16-7-14-10/h6-7H,3,5H2,1H3,(H,12,17)(H,13,14,15,16). The zero-order chi connectivity index (χ0) is 12.1. The maximum atomic E-state index is 10.6. The smallest absolute Gasteiger partial charge is 0.216 e. The fourth-order valence-electron chi connectivity index (χ4n) is 1.31. The van der Waals surface area contributed by atoms with Crippen molar-refractivity contribution in [3.8, 4) is 11.8 Å². The molecule has 1 amide bonds. The molecule has 0 spiro atoms. The van der Waals surface area contributed by atoms with E-state index in [1.807, 2.05) is 0 Å². The quantitative estimate of drug-likeness (QED) is 0.570. The number of fused-ring (bicyclic) bond motifs is 1. The lowest BCUT2D eigenvalue weighted by atomic mass is 10.3. The van der Waals surface area contributed by atoms with Crippen molar-refractivity contribution < 1.29 is 4.79 Å². The van der Waals surface area contributed by atoms with Crippen LogP contribution < -0.4 is 5.32 Å². The molecule has 0 fully saturated rings. The number of carbonyl (C=O) groups excluding carboxylic acids is 1. The number of hydrogen-bond donors (Lipinski definition) is 2. The van der Waals surface area contributed by atoms with Gasteiger partial charge in [-0.25, -0.2) is 15.0 Å². The number of imidazole rings is 1. The molecule has 0 radical (unpaired) electrons. The number of amides is 1. The van der Waals surface area contributed by atoms with Gasteiger partial charge in [-0.05, 0) is 5.92 Å². The number of rotatable bonds is 2. The molecule has 6 nitrogen and oxygen atoms in total. The Balaban J connectivity index is 2.05. The molecule has 2 N–H and O–H groups in total. The molecular weight excluding hydrogens is 218 g/mol. The molecule has 2 heterocycles. The van der Waals surface area contributed by atoms with E-state index in [4.69, 9.17) is 0 Å². The van der Waals surface area contributed by atoms with Gasteiger partial charge in [0.05, 0.1) is 6.33 Å². The summed E-state index contributed by atoms with van der Waals surface area (Å²) in [6, 6.07) is 0. The molecule has 17 heavy (non-hydrogen) atoms. The number of aromatic nitrogens is 4. The Kier molecular flexibility index (Phi) is 3.31. The van der Waals surface area contributed by atoms with Gasteiger partial charge in [0, 0.05) is 19.9 Å². The molecule has 0 aliphatic heterocycles. The van der Waals surface area contributed by atoms with Crippen molar-refractivity contribution in [1.82, 2.24) is 25.3 Å². The highest BCUT2D eigenvalue weighted by atomic mass is 16.1. The third-order valence-corrected chi connectivity index (χ3v) is 2.05. The first-order valence-electron chi connectivity index (χ1n) is 5.15. The van der Waals surface area contributed by atoms with Crippen LogP contribution in [0.1, 0.15) is 19.0 Å². The van der Waals surface area contributed by atoms with Gasteiger partial charge in [-0.1, -0.05) is 5.92 Å². The lowest BCUT2D eigenvalue weighted by molar-refractivity contribution is -0.118. The van der Waals surface area contributed by atoms with Crippen LogP contribution in [-0.2, 0) is 4.79 Å². The first kappa shape index (κ1) is 11.1. The number of carbonyl (C=O) groups is 1. The minimum absolute atomic E-state index is 0.0511. The number of aromatic amines is 1. The van der Waals surface area contributed by atoms with E-state index >= 15 is 0 Å². The van der Waals surface area contributed by atoms with Gasteiger partial charge in [0.15, 0.2) is 5.65 Å². The van der Waals surface area contributed by atoms with E-state index < -0.39 is 0 Å². The molecule has 0 bridgehead atoms. The Morgan fingerprint density at radius 2 is 2.35 bits per heavy atom. The van der Waals surface area contributed by atoms with Crippen LogP contribution in [0.2, 0.25) is 0 Å². The van der Waals surface area contributed by atoms with E-state index in [0.717, 1.165) is 5.52 Å². The van der Waals surface area contributed by atoms with Crippen molar-refractivity contribution >= 4 is 17.1 Å². The Morgan fingerprint density at radius 1 is 1.47 bits per heavy atom. The van der Waals surface area contributed by atoms with E-state index in [-0.39, 0.29) is 5.91 Å². The van der Waals surface area contributed by atoms with Gasteiger partial charge in [0.2, 0.25) is 5.91 Å². The Hall–Kier alpha value is -2.42. The average molecular weight is 229 g/mol. The van der Waals surface area contributed by atoms with Gasteiger partial charge in [0.1, 0.15) is 17.5 Å². The van der Waals surface area contributed by atoms with Crippen molar-refractivity contribution in [1.29, 1.82) is 0 Å². The van der Waals surface area contributed by atoms with E-state index in [9.17, 15) is 4.79 Å². The van der Waals surface area contributed by atoms with Crippen molar-refractivity contribution in [2.75, 3.05) is 6.54 Å². The molecule has 0 saturated heterocycles. The predicted octanol–water partition coefficient (Wildman–Crippen LogP) is 0.231. The maximum Gasteiger partial charge on any atom is 0.216 e. The first-order chi connectivity index (χ1) is 8.27. The summed E-state index contributed by atoms with van der Waals surface area (Å²) in [5, 5.41) is 2.67. The summed E-state index contributed by atoms with van der Waals surface area (Å²) in [6.45, 7) is 2.02. The zero-order valence-corrected chi connectivity index (χ0v) is 9.32. The van der Waals surface area contributed by atoms with Gasteiger partial charge in [-0.15, -0.1) is 0 Å². The van der Waals surface area contributed by atoms with E-state index in [1.165, 1.54) is 13.3 Å². The summed E-state index contributed by atoms with van der Waals surface area (Å²) in [5.74, 6) is 5.81. The van der Waals surface area contributed by atoms with Crippen LogP contribution in [0, 0.1) is 11.8 Å². The lowest BCUT2D eigenvalue weighted by Gasteiger charge is -1.94. The van der Waals surface area contributed by atoms with Gasteiger partial charge in [-0.2, -0.15) is 0 Å². The Morgan fingerprint density at radius 3 is 3.18 bits per heavy atom. The highest BCUT2D eigenvalue weighted by Crippen LogP contribution is 2.07. The molecular formula is C11H11N5O. The SMILES string of the molecule is CC(=O)NCCC#Cc1ncnc2nc[nH]c12. The predicted molar refractivity (Wildman–Crippen MR) is 61.9 cm³/mol. The second-order valence-electron chi connectivity index (χ2n) is 3.36. The van der Waals surface area contributed by atoms with Gasteiger partial charge >= 0.3 is 0 Å². The van der Waals surface area contributed by atoms with E-state index in [0.29, 0.717) is 24.3 Å². The molecule has 0 saturated carbocycles. The van der Waals surface area contributed by atoms with Crippen LogP contribution >= 0.6 is 0 Å². The highest BCUT2D eigenvalue weighted by molar-refractivity contribution is 5.75. The summed E-state index contributed by atoms with van der Waals surface area (Å²) >= 11 is 0. The number of H-pyrrole nitrogens is 1. The summed E-state index contributed by atoms with van der Waals surface area (Å²) in [6.07, 6.45) is 3.57. The van der Waals surface area contributed by atoms with Gasteiger partial charge in [0.25, 0.3) is 0 Å². The number of nitrogens with one attached hydrogen (secondary N) is 2. The van der Waals surface area contributed by atoms with Crippen LogP contribution in [0.4, 0.5) is 0 Å². The normalized spacial score (nSPS) is 9.71.